The molecule has 1 nitrogen and oxygen atoms in total. The lowest BCUT2D eigenvalue weighted by atomic mass is 9.70. The highest BCUT2D eigenvalue weighted by Crippen LogP contribution is 2.55. The lowest BCUT2D eigenvalue weighted by Crippen LogP contribution is -2.25. The van der Waals surface area contributed by atoms with Crippen LogP contribution in [-0.2, 0) is 5.41 Å². The van der Waals surface area contributed by atoms with Crippen LogP contribution in [0.15, 0.2) is 146 Å². The Morgan fingerprint density at radius 2 is 0.893 bits per heavy atom. The van der Waals surface area contributed by atoms with Gasteiger partial charge in [0.15, 0.2) is 0 Å². The van der Waals surface area contributed by atoms with Gasteiger partial charge in [0.1, 0.15) is 0 Å². The molecule has 0 atom stereocenters. The van der Waals surface area contributed by atoms with E-state index >= 15 is 0 Å². The van der Waals surface area contributed by atoms with Crippen molar-refractivity contribution in [2.24, 2.45) is 0 Å². The topological polar surface area (TPSA) is 12.9 Å². The summed E-state index contributed by atoms with van der Waals surface area (Å²) in [7, 11) is -0.446. The molecule has 1 heterocycles. The molecule has 5 aromatic carbocycles. The number of hydrogen-bond donors (Lipinski definition) is 0. The largest absolute Gasteiger partial charge is 0.256 e. The maximum absolute atomic E-state index is 4.79. The molecule has 0 saturated carbocycles. The Balaban J connectivity index is 0.000000233. The van der Waals surface area contributed by atoms with E-state index in [2.05, 4.69) is 167 Å². The SMILES string of the molecule is CCCCCCCCC1(CCCCCCCC)c2cc(C)ccc2-c2ccc(-c3ccc(C)cn3)cc21.c1ccc(P(c2ccccc2)c2ccccc2)cc1. The number of hydrogen-bond acceptors (Lipinski definition) is 1. The first-order valence-electron chi connectivity index (χ1n) is 21.7. The predicted molar refractivity (Wildman–Crippen MR) is 246 cm³/mol. The van der Waals surface area contributed by atoms with E-state index in [1.807, 2.05) is 6.20 Å². The summed E-state index contributed by atoms with van der Waals surface area (Å²) in [6.07, 6.45) is 20.8. The third-order valence-corrected chi connectivity index (χ3v) is 14.1. The highest BCUT2D eigenvalue weighted by atomic mass is 31.1. The number of unbranched alkanes of at least 4 members (excludes halogenated alkanes) is 10. The smallest absolute Gasteiger partial charge is 0.0702 e. The molecule has 0 radical (unpaired) electrons. The summed E-state index contributed by atoms with van der Waals surface area (Å²) in [5.41, 5.74) is 11.2. The van der Waals surface area contributed by atoms with Crippen LogP contribution in [0.1, 0.15) is 126 Å². The molecule has 6 aromatic rings. The molecule has 0 fully saturated rings. The molecule has 7 rings (SSSR count). The highest BCUT2D eigenvalue weighted by molar-refractivity contribution is 7.79. The van der Waals surface area contributed by atoms with E-state index in [9.17, 15) is 0 Å². The Morgan fingerprint density at radius 3 is 1.38 bits per heavy atom. The third kappa shape index (κ3) is 10.5. The summed E-state index contributed by atoms with van der Waals surface area (Å²) < 4.78 is 0. The van der Waals surface area contributed by atoms with E-state index in [1.54, 1.807) is 11.1 Å². The molecule has 2 heteroatoms. The molecule has 0 bridgehead atoms. The van der Waals surface area contributed by atoms with Gasteiger partial charge in [0.25, 0.3) is 0 Å². The molecule has 0 aliphatic heterocycles. The van der Waals surface area contributed by atoms with Gasteiger partial charge in [0, 0.05) is 17.2 Å². The van der Waals surface area contributed by atoms with Crippen LogP contribution in [0, 0.1) is 13.8 Å². The second kappa shape index (κ2) is 21.3. The fourth-order valence-electron chi connectivity index (χ4n) is 8.66. The number of fused-ring (bicyclic) bond motifs is 3. The molecule has 56 heavy (non-hydrogen) atoms. The van der Waals surface area contributed by atoms with Crippen molar-refractivity contribution in [2.75, 3.05) is 0 Å². The van der Waals surface area contributed by atoms with Gasteiger partial charge in [0.05, 0.1) is 5.69 Å². The van der Waals surface area contributed by atoms with Crippen molar-refractivity contribution in [3.63, 3.8) is 0 Å². The van der Waals surface area contributed by atoms with Gasteiger partial charge >= 0.3 is 0 Å². The maximum atomic E-state index is 4.79. The van der Waals surface area contributed by atoms with E-state index in [4.69, 9.17) is 4.98 Å². The monoisotopic (exact) mass is 757 g/mol. The molecule has 1 aliphatic rings. The number of aromatic nitrogens is 1. The quantitative estimate of drug-likeness (QED) is 0.0628. The first kappa shape index (κ1) is 41.3. The lowest BCUT2D eigenvalue weighted by Gasteiger charge is -2.33. The van der Waals surface area contributed by atoms with Crippen LogP contribution in [0.2, 0.25) is 0 Å². The second-order valence-corrected chi connectivity index (χ2v) is 18.2. The molecule has 290 valence electrons. The highest BCUT2D eigenvalue weighted by Gasteiger charge is 2.42. The van der Waals surface area contributed by atoms with Crippen LogP contribution in [0.5, 0.6) is 0 Å². The molecule has 1 aromatic heterocycles. The third-order valence-electron chi connectivity index (χ3n) is 11.7. The number of pyridine rings is 1. The Labute approximate surface area is 340 Å². The minimum atomic E-state index is -0.446. The number of rotatable bonds is 18. The Hall–Kier alpha value is -4.32. The van der Waals surface area contributed by atoms with Gasteiger partial charge in [-0.3, -0.25) is 4.98 Å². The zero-order valence-electron chi connectivity index (χ0n) is 34.7. The molecular formula is C54H64NP. The zero-order valence-corrected chi connectivity index (χ0v) is 35.5. The maximum Gasteiger partial charge on any atom is 0.0702 e. The van der Waals surface area contributed by atoms with E-state index in [1.165, 1.54) is 134 Å². The first-order valence-corrected chi connectivity index (χ1v) is 23.0. The lowest BCUT2D eigenvalue weighted by molar-refractivity contribution is 0.398. The Bertz CT molecular complexity index is 1920. The van der Waals surface area contributed by atoms with Crippen LogP contribution in [0.3, 0.4) is 0 Å². The summed E-state index contributed by atoms with van der Waals surface area (Å²) >= 11 is 0. The van der Waals surface area contributed by atoms with Crippen LogP contribution in [-0.4, -0.2) is 4.98 Å². The second-order valence-electron chi connectivity index (χ2n) is 16.0. The normalized spacial score (nSPS) is 12.5. The average Bonchev–Trinajstić information content (AvgIpc) is 3.50. The van der Waals surface area contributed by atoms with Gasteiger partial charge in [-0.25, -0.2) is 0 Å². The predicted octanol–water partition coefficient (Wildman–Crippen LogP) is 14.6. The van der Waals surface area contributed by atoms with E-state index in [-0.39, 0.29) is 5.41 Å². The molecular weight excluding hydrogens is 694 g/mol. The van der Waals surface area contributed by atoms with Gasteiger partial charge in [0.2, 0.25) is 0 Å². The van der Waals surface area contributed by atoms with E-state index in [0.717, 1.165) is 5.69 Å². The van der Waals surface area contributed by atoms with Crippen molar-refractivity contribution in [1.82, 2.24) is 4.98 Å². The van der Waals surface area contributed by atoms with Crippen molar-refractivity contribution >= 4 is 23.8 Å². The molecule has 0 saturated heterocycles. The summed E-state index contributed by atoms with van der Waals surface area (Å²) in [5, 5.41) is 4.19. The van der Waals surface area contributed by atoms with Crippen molar-refractivity contribution in [3.8, 4) is 22.4 Å². The van der Waals surface area contributed by atoms with Gasteiger partial charge in [-0.2, -0.15) is 0 Å². The van der Waals surface area contributed by atoms with Gasteiger partial charge in [-0.1, -0.05) is 224 Å². The van der Waals surface area contributed by atoms with Crippen LogP contribution in [0.25, 0.3) is 22.4 Å². The summed E-state index contributed by atoms with van der Waals surface area (Å²) in [6, 6.07) is 51.1. The zero-order chi connectivity index (χ0) is 39.0. The Morgan fingerprint density at radius 1 is 0.446 bits per heavy atom. The fourth-order valence-corrected chi connectivity index (χ4v) is 11.0. The summed E-state index contributed by atoms with van der Waals surface area (Å²) in [4.78, 5) is 4.79. The summed E-state index contributed by atoms with van der Waals surface area (Å²) in [6.45, 7) is 9.01. The van der Waals surface area contributed by atoms with Crippen LogP contribution in [0.4, 0.5) is 0 Å². The standard InChI is InChI=1S/C36H49N.C18H15P/c1-5-7-9-11-13-15-23-36(24-16-14-12-10-8-6-2)33-25-28(3)17-20-31(33)32-21-19-30(26-34(32)36)35-22-18-29(4)27-37-35;1-4-10-16(11-5-1)19(17-12-6-2-7-13-17)18-14-8-3-9-15-18/h17-22,25-27H,5-16,23-24H2,1-4H3;1-15H. The number of nitrogens with zero attached hydrogens (tertiary/aromatic N) is 1. The van der Waals surface area contributed by atoms with Crippen LogP contribution < -0.4 is 15.9 Å². The molecule has 0 spiro atoms. The fraction of sp³-hybridized carbons (Fsp3) is 0.352. The van der Waals surface area contributed by atoms with Gasteiger partial charge in [-0.05, 0) is 90.5 Å². The van der Waals surface area contributed by atoms with Crippen molar-refractivity contribution < 1.29 is 0 Å². The number of aryl methyl sites for hydroxylation is 2. The average molecular weight is 758 g/mol. The minimum Gasteiger partial charge on any atom is -0.256 e. The van der Waals surface area contributed by atoms with Crippen molar-refractivity contribution in [3.05, 3.63) is 168 Å². The van der Waals surface area contributed by atoms with Crippen molar-refractivity contribution in [2.45, 2.75) is 123 Å². The van der Waals surface area contributed by atoms with Crippen molar-refractivity contribution in [1.29, 1.82) is 0 Å². The molecule has 1 aliphatic carbocycles. The van der Waals surface area contributed by atoms with E-state index < -0.39 is 7.92 Å². The van der Waals surface area contributed by atoms with Gasteiger partial charge < -0.3 is 0 Å². The van der Waals surface area contributed by atoms with Crippen LogP contribution >= 0.6 is 7.92 Å². The molecule has 0 amide bonds. The van der Waals surface area contributed by atoms with Gasteiger partial charge in [-0.15, -0.1) is 0 Å². The minimum absolute atomic E-state index is 0.132. The number of benzene rings is 5. The summed E-state index contributed by atoms with van der Waals surface area (Å²) in [5.74, 6) is 0. The first-order chi connectivity index (χ1) is 27.5. The van der Waals surface area contributed by atoms with E-state index in [0.29, 0.717) is 0 Å². The molecule has 0 N–H and O–H groups in total. The molecule has 0 unspecified atom stereocenters. The Kier molecular flexibility index (Phi) is 15.7.